The molecule has 7 heteroatoms. The highest BCUT2D eigenvalue weighted by Gasteiger charge is 2.34. The van der Waals surface area contributed by atoms with Gasteiger partial charge in [0.1, 0.15) is 0 Å². The van der Waals surface area contributed by atoms with Crippen LogP contribution in [-0.2, 0) is 13.6 Å². The van der Waals surface area contributed by atoms with Crippen LogP contribution in [0.2, 0.25) is 0 Å². The van der Waals surface area contributed by atoms with Gasteiger partial charge in [-0.2, -0.15) is 4.98 Å². The average Bonchev–Trinajstić information content (AvgIpc) is 3.05. The summed E-state index contributed by atoms with van der Waals surface area (Å²) in [4.78, 5) is 30.2. The van der Waals surface area contributed by atoms with Gasteiger partial charge in [-0.05, 0) is 44.4 Å². The van der Waals surface area contributed by atoms with E-state index in [2.05, 4.69) is 32.3 Å². The summed E-state index contributed by atoms with van der Waals surface area (Å²) in [5, 5.41) is 0. The molecule has 0 aromatic carbocycles. The first kappa shape index (κ1) is 18.1. The Kier molecular flexibility index (Phi) is 3.91. The fourth-order valence-electron chi connectivity index (χ4n) is 5.25. The Balaban J connectivity index is 2.02. The van der Waals surface area contributed by atoms with Crippen molar-refractivity contribution in [2.45, 2.75) is 66.5 Å². The summed E-state index contributed by atoms with van der Waals surface area (Å²) in [5.41, 5.74) is 1.75. The van der Waals surface area contributed by atoms with Gasteiger partial charge in [-0.25, -0.2) is 4.79 Å². The van der Waals surface area contributed by atoms with E-state index < -0.39 is 0 Å². The van der Waals surface area contributed by atoms with Crippen molar-refractivity contribution in [3.8, 4) is 0 Å². The zero-order chi connectivity index (χ0) is 19.7. The number of aryl methyl sites for hydroxylation is 2. The summed E-state index contributed by atoms with van der Waals surface area (Å²) >= 11 is 0. The highest BCUT2D eigenvalue weighted by atomic mass is 16.2. The molecule has 0 unspecified atom stereocenters. The number of fused-ring (bicyclic) bond motifs is 3. The van der Waals surface area contributed by atoms with Gasteiger partial charge >= 0.3 is 5.69 Å². The van der Waals surface area contributed by atoms with Crippen molar-refractivity contribution in [2.75, 3.05) is 0 Å². The molecule has 0 radical (unpaired) electrons. The third kappa shape index (κ3) is 2.58. The van der Waals surface area contributed by atoms with Gasteiger partial charge in [0, 0.05) is 31.5 Å². The summed E-state index contributed by atoms with van der Waals surface area (Å²) in [7, 11) is 1.69. The third-order valence-electron chi connectivity index (χ3n) is 6.11. The molecule has 0 aliphatic heterocycles. The Morgan fingerprint density at radius 3 is 2.59 bits per heavy atom. The molecule has 1 fully saturated rings. The van der Waals surface area contributed by atoms with Gasteiger partial charge in [0.25, 0.3) is 5.56 Å². The van der Waals surface area contributed by atoms with Crippen LogP contribution in [0.25, 0.3) is 16.9 Å². The van der Waals surface area contributed by atoms with E-state index in [0.29, 0.717) is 29.7 Å². The van der Waals surface area contributed by atoms with Gasteiger partial charge in [-0.3, -0.25) is 18.3 Å². The van der Waals surface area contributed by atoms with Gasteiger partial charge in [0.15, 0.2) is 11.2 Å². The first-order chi connectivity index (χ1) is 12.6. The maximum Gasteiger partial charge on any atom is 0.332 e. The molecule has 0 N–H and O–H groups in total. The summed E-state index contributed by atoms with van der Waals surface area (Å²) in [6.07, 6.45) is 5.41. The fraction of sp³-hybridized carbons (Fsp3) is 0.650. The Morgan fingerprint density at radius 1 is 1.26 bits per heavy atom. The van der Waals surface area contributed by atoms with Gasteiger partial charge in [0.2, 0.25) is 5.78 Å². The Hall–Kier alpha value is -2.31. The van der Waals surface area contributed by atoms with Crippen molar-refractivity contribution >= 4 is 16.9 Å². The van der Waals surface area contributed by atoms with Crippen molar-refractivity contribution in [1.29, 1.82) is 0 Å². The maximum atomic E-state index is 12.9. The monoisotopic (exact) mass is 371 g/mol. The largest absolute Gasteiger partial charge is 0.332 e. The number of nitrogens with zero attached hydrogens (tertiary/aromatic N) is 5. The maximum absolute atomic E-state index is 12.9. The molecule has 0 saturated heterocycles. The van der Waals surface area contributed by atoms with Gasteiger partial charge in [0.05, 0.1) is 0 Å². The lowest BCUT2D eigenvalue weighted by Crippen LogP contribution is -2.38. The van der Waals surface area contributed by atoms with Crippen LogP contribution in [-0.4, -0.2) is 23.1 Å². The lowest BCUT2D eigenvalue weighted by Gasteiger charge is -2.39. The molecule has 0 amide bonds. The Labute approximate surface area is 158 Å². The topological polar surface area (TPSA) is 66.2 Å². The zero-order valence-corrected chi connectivity index (χ0v) is 17.1. The van der Waals surface area contributed by atoms with Crippen LogP contribution in [0.1, 0.15) is 58.7 Å². The van der Waals surface area contributed by atoms with Crippen molar-refractivity contribution < 1.29 is 0 Å². The first-order valence-corrected chi connectivity index (χ1v) is 9.84. The molecule has 27 heavy (non-hydrogen) atoms. The highest BCUT2D eigenvalue weighted by molar-refractivity contribution is 5.75. The Morgan fingerprint density at radius 2 is 1.96 bits per heavy atom. The first-order valence-electron chi connectivity index (χ1n) is 9.84. The minimum atomic E-state index is -0.313. The molecule has 4 rings (SSSR count). The van der Waals surface area contributed by atoms with Crippen LogP contribution >= 0.6 is 0 Å². The van der Waals surface area contributed by atoms with Crippen molar-refractivity contribution in [2.24, 2.45) is 18.4 Å². The van der Waals surface area contributed by atoms with Crippen LogP contribution in [0.5, 0.6) is 0 Å². The van der Waals surface area contributed by atoms with E-state index in [1.54, 1.807) is 7.05 Å². The summed E-state index contributed by atoms with van der Waals surface area (Å²) in [5.74, 6) is 1.41. The van der Waals surface area contributed by atoms with Crippen molar-refractivity contribution in [1.82, 2.24) is 23.1 Å². The minimum absolute atomic E-state index is 0.266. The van der Waals surface area contributed by atoms with Crippen molar-refractivity contribution in [3.05, 3.63) is 32.7 Å². The normalized spacial score (nSPS) is 22.7. The molecular formula is C20H29N5O2. The summed E-state index contributed by atoms with van der Waals surface area (Å²) in [6, 6.07) is 0.350. The average molecular weight is 371 g/mol. The molecule has 7 nitrogen and oxygen atoms in total. The molecule has 2 atom stereocenters. The quantitative estimate of drug-likeness (QED) is 0.696. The third-order valence-corrected chi connectivity index (χ3v) is 6.11. The van der Waals surface area contributed by atoms with Gasteiger partial charge < -0.3 is 4.57 Å². The van der Waals surface area contributed by atoms with Crippen LogP contribution in [0, 0.1) is 18.3 Å². The standard InChI is InChI=1S/C20H29N5O2/c1-7-23-17(26)15-16(22(6)19(23)27)21-18-24(15)11-13(3)25(18)14-8-12(2)9-20(4,5)10-14/h11-12,14H,7-10H2,1-6H3/t12-,14-/m1/s1. The second kappa shape index (κ2) is 5.84. The number of rotatable bonds is 2. The molecular weight excluding hydrogens is 342 g/mol. The number of hydrogen-bond acceptors (Lipinski definition) is 3. The lowest BCUT2D eigenvalue weighted by atomic mass is 9.70. The summed E-state index contributed by atoms with van der Waals surface area (Å²) < 4.78 is 6.91. The molecule has 1 aliphatic rings. The number of aromatic nitrogens is 5. The molecule has 0 bridgehead atoms. The second-order valence-electron chi connectivity index (χ2n) is 9.05. The number of imidazole rings is 2. The SMILES string of the molecule is CCn1c(=O)c2c(nc3n([C@@H]4C[C@@H](C)CC(C)(C)C4)c(C)cn23)n(C)c1=O. The predicted octanol–water partition coefficient (Wildman–Crippen LogP) is 2.87. The molecule has 1 saturated carbocycles. The summed E-state index contributed by atoms with van der Waals surface area (Å²) in [6.45, 7) is 11.2. The minimum Gasteiger partial charge on any atom is -0.311 e. The molecule has 146 valence electrons. The van der Waals surface area contributed by atoms with E-state index in [0.717, 1.165) is 24.3 Å². The number of hydrogen-bond donors (Lipinski definition) is 0. The molecule has 1 aliphatic carbocycles. The second-order valence-corrected chi connectivity index (χ2v) is 9.05. The smallest absolute Gasteiger partial charge is 0.311 e. The van der Waals surface area contributed by atoms with Gasteiger partial charge in [-0.1, -0.05) is 20.8 Å². The fourth-order valence-corrected chi connectivity index (χ4v) is 5.25. The van der Waals surface area contributed by atoms with E-state index in [1.165, 1.54) is 15.6 Å². The van der Waals surface area contributed by atoms with E-state index in [4.69, 9.17) is 4.98 Å². The van der Waals surface area contributed by atoms with E-state index in [1.807, 2.05) is 17.5 Å². The van der Waals surface area contributed by atoms with Gasteiger partial charge in [-0.15, -0.1) is 0 Å². The van der Waals surface area contributed by atoms with E-state index >= 15 is 0 Å². The molecule has 3 aromatic rings. The zero-order valence-electron chi connectivity index (χ0n) is 17.1. The van der Waals surface area contributed by atoms with Crippen molar-refractivity contribution in [3.63, 3.8) is 0 Å². The van der Waals surface area contributed by atoms with E-state index in [9.17, 15) is 9.59 Å². The van der Waals surface area contributed by atoms with Crippen LogP contribution in [0.3, 0.4) is 0 Å². The van der Waals surface area contributed by atoms with Crippen LogP contribution in [0.15, 0.2) is 15.8 Å². The molecule has 3 aromatic heterocycles. The predicted molar refractivity (Wildman–Crippen MR) is 106 cm³/mol. The van der Waals surface area contributed by atoms with Crippen LogP contribution in [0.4, 0.5) is 0 Å². The molecule has 3 heterocycles. The van der Waals surface area contributed by atoms with Crippen LogP contribution < -0.4 is 11.2 Å². The lowest BCUT2D eigenvalue weighted by molar-refractivity contribution is 0.138. The highest BCUT2D eigenvalue weighted by Crippen LogP contribution is 2.44. The van der Waals surface area contributed by atoms with E-state index in [-0.39, 0.29) is 16.7 Å². The Bertz CT molecular complexity index is 1160. The molecule has 0 spiro atoms.